The molecule has 0 bridgehead atoms. The van der Waals surface area contributed by atoms with Crippen molar-refractivity contribution in [2.45, 2.75) is 37.4 Å². The van der Waals surface area contributed by atoms with Crippen molar-refractivity contribution in [3.8, 4) is 0 Å². The Hall–Kier alpha value is -0.300. The molecule has 0 amide bonds. The Labute approximate surface area is 126 Å². The van der Waals surface area contributed by atoms with Gasteiger partial charge in [-0.2, -0.15) is 0 Å². The molecule has 1 aromatic rings. The third-order valence-electron chi connectivity index (χ3n) is 3.18. The Morgan fingerprint density at radius 3 is 2.74 bits per heavy atom. The van der Waals surface area contributed by atoms with Crippen LogP contribution in [0, 0.1) is 0 Å². The Balaban J connectivity index is 3.12. The van der Waals surface area contributed by atoms with E-state index < -0.39 is 0 Å². The molecule has 1 atom stereocenters. The summed E-state index contributed by atoms with van der Waals surface area (Å²) in [6, 6.07) is 1.64. The fourth-order valence-corrected chi connectivity index (χ4v) is 3.13. The lowest BCUT2D eigenvalue weighted by atomic mass is 9.88. The van der Waals surface area contributed by atoms with Gasteiger partial charge in [-0.1, -0.05) is 11.9 Å². The van der Waals surface area contributed by atoms with E-state index in [2.05, 4.69) is 29.8 Å². The number of nitrogens with two attached hydrogens (primary N) is 1. The van der Waals surface area contributed by atoms with E-state index >= 15 is 0 Å². The average Bonchev–Trinajstić information content (AvgIpc) is 2.33. The number of nitrogens with zero attached hydrogens (tertiary/aromatic N) is 1. The quantitative estimate of drug-likeness (QED) is 0.774. The van der Waals surface area contributed by atoms with Crippen molar-refractivity contribution in [1.29, 1.82) is 0 Å². The van der Waals surface area contributed by atoms with Crippen LogP contribution in [0.4, 0.5) is 0 Å². The molecule has 0 fully saturated rings. The van der Waals surface area contributed by atoms with E-state index in [0.29, 0.717) is 6.42 Å². The molecule has 3 N–H and O–H groups in total. The van der Waals surface area contributed by atoms with Gasteiger partial charge < -0.3 is 9.67 Å². The molecule has 0 aromatic carbocycles. The number of rotatable bonds is 6. The molecule has 0 aliphatic heterocycles. The van der Waals surface area contributed by atoms with E-state index in [-0.39, 0.29) is 22.8 Å². The van der Waals surface area contributed by atoms with Gasteiger partial charge in [-0.15, -0.1) is 0 Å². The first-order chi connectivity index (χ1) is 8.80. The molecule has 1 aromatic heterocycles. The summed E-state index contributed by atoms with van der Waals surface area (Å²) in [5, 5.41) is 14.9. The zero-order valence-electron chi connectivity index (χ0n) is 11.5. The number of hydrogen-bond donors (Lipinski definition) is 2. The first-order valence-corrected chi connectivity index (χ1v) is 7.83. The summed E-state index contributed by atoms with van der Waals surface area (Å²) in [5.41, 5.74) is 0.902. The highest BCUT2D eigenvalue weighted by Gasteiger charge is 2.25. The number of pyridine rings is 1. The second kappa shape index (κ2) is 6.92. The van der Waals surface area contributed by atoms with Crippen LogP contribution in [0.25, 0.3) is 0 Å². The number of aromatic nitrogens is 1. The number of aryl methyl sites for hydroxylation is 1. The van der Waals surface area contributed by atoms with Gasteiger partial charge in [0.25, 0.3) is 5.56 Å². The summed E-state index contributed by atoms with van der Waals surface area (Å²) >= 11 is 4.81. The standard InChI is InChI=1S/C13H21BrN2O2S/c1-13(2,19-15)7-9(4-5-17)10-6-12(18)16(3)8-11(10)14/h6,8-9,17H,4-5,7,15H2,1-3H3/t9-/m0/s1. The van der Waals surface area contributed by atoms with Gasteiger partial charge in [0.1, 0.15) is 0 Å². The average molecular weight is 349 g/mol. The highest BCUT2D eigenvalue weighted by Crippen LogP contribution is 2.36. The first-order valence-electron chi connectivity index (χ1n) is 6.15. The Kier molecular flexibility index (Phi) is 6.11. The Bertz CT molecular complexity index is 488. The molecule has 0 aliphatic carbocycles. The van der Waals surface area contributed by atoms with Crippen molar-refractivity contribution in [3.63, 3.8) is 0 Å². The van der Waals surface area contributed by atoms with Gasteiger partial charge in [0.15, 0.2) is 0 Å². The van der Waals surface area contributed by atoms with Gasteiger partial charge in [-0.05, 0) is 54.1 Å². The van der Waals surface area contributed by atoms with Gasteiger partial charge in [-0.25, -0.2) is 0 Å². The third kappa shape index (κ3) is 4.63. The third-order valence-corrected chi connectivity index (χ3v) is 4.65. The van der Waals surface area contributed by atoms with E-state index in [9.17, 15) is 9.90 Å². The minimum absolute atomic E-state index is 0.0423. The second-order valence-corrected chi connectivity index (χ2v) is 7.51. The van der Waals surface area contributed by atoms with Crippen LogP contribution in [0.1, 0.15) is 38.2 Å². The first kappa shape index (κ1) is 16.8. The minimum atomic E-state index is -0.0969. The molecule has 0 unspecified atom stereocenters. The zero-order valence-corrected chi connectivity index (χ0v) is 13.9. The zero-order chi connectivity index (χ0) is 14.6. The topological polar surface area (TPSA) is 68.2 Å². The molecule has 0 spiro atoms. The van der Waals surface area contributed by atoms with Crippen LogP contribution in [0.3, 0.4) is 0 Å². The maximum absolute atomic E-state index is 11.8. The van der Waals surface area contributed by atoms with Crippen molar-refractivity contribution in [1.82, 2.24) is 4.57 Å². The van der Waals surface area contributed by atoms with Crippen LogP contribution in [-0.2, 0) is 7.05 Å². The van der Waals surface area contributed by atoms with Crippen molar-refractivity contribution in [3.05, 3.63) is 32.7 Å². The lowest BCUT2D eigenvalue weighted by Gasteiger charge is -2.28. The smallest absolute Gasteiger partial charge is 0.250 e. The number of aliphatic hydroxyl groups excluding tert-OH is 1. The van der Waals surface area contributed by atoms with E-state index in [1.54, 1.807) is 19.3 Å². The second-order valence-electron chi connectivity index (χ2n) is 5.32. The molecule has 108 valence electrons. The highest BCUT2D eigenvalue weighted by atomic mass is 79.9. The van der Waals surface area contributed by atoms with Crippen molar-refractivity contribution in [2.24, 2.45) is 12.2 Å². The monoisotopic (exact) mass is 348 g/mol. The highest BCUT2D eigenvalue weighted by molar-refractivity contribution is 9.10. The molecule has 4 nitrogen and oxygen atoms in total. The van der Waals surface area contributed by atoms with Crippen LogP contribution in [-0.4, -0.2) is 21.0 Å². The lowest BCUT2D eigenvalue weighted by molar-refractivity contribution is 0.269. The molecule has 19 heavy (non-hydrogen) atoms. The van der Waals surface area contributed by atoms with Crippen LogP contribution in [0.5, 0.6) is 0 Å². The molecule has 0 saturated carbocycles. The molecule has 0 aliphatic rings. The maximum Gasteiger partial charge on any atom is 0.250 e. The van der Waals surface area contributed by atoms with E-state index in [1.165, 1.54) is 16.5 Å². The largest absolute Gasteiger partial charge is 0.396 e. The molecule has 0 saturated heterocycles. The van der Waals surface area contributed by atoms with Crippen LogP contribution < -0.4 is 10.7 Å². The van der Waals surface area contributed by atoms with E-state index in [1.807, 2.05) is 0 Å². The normalized spacial score (nSPS) is 13.6. The lowest BCUT2D eigenvalue weighted by Crippen LogP contribution is -2.24. The molecule has 1 rings (SSSR count). The van der Waals surface area contributed by atoms with E-state index in [4.69, 9.17) is 5.14 Å². The van der Waals surface area contributed by atoms with Crippen molar-refractivity contribution >= 4 is 27.9 Å². The van der Waals surface area contributed by atoms with Crippen LogP contribution in [0.2, 0.25) is 0 Å². The maximum atomic E-state index is 11.8. The van der Waals surface area contributed by atoms with Gasteiger partial charge in [0, 0.05) is 35.1 Å². The Morgan fingerprint density at radius 1 is 1.58 bits per heavy atom. The summed E-state index contributed by atoms with van der Waals surface area (Å²) in [7, 11) is 1.72. The molecule has 0 radical (unpaired) electrons. The summed E-state index contributed by atoms with van der Waals surface area (Å²) < 4.78 is 2.33. The van der Waals surface area contributed by atoms with E-state index in [0.717, 1.165) is 16.5 Å². The van der Waals surface area contributed by atoms with Gasteiger partial charge in [0.2, 0.25) is 0 Å². The number of aliphatic hydroxyl groups is 1. The fourth-order valence-electron chi connectivity index (χ4n) is 2.09. The molecular formula is C13H21BrN2O2S. The van der Waals surface area contributed by atoms with Crippen molar-refractivity contribution < 1.29 is 5.11 Å². The van der Waals surface area contributed by atoms with Crippen LogP contribution >= 0.6 is 27.9 Å². The van der Waals surface area contributed by atoms with Gasteiger partial charge in [0.05, 0.1) is 0 Å². The summed E-state index contributed by atoms with van der Waals surface area (Å²) in [6.45, 7) is 4.23. The summed E-state index contributed by atoms with van der Waals surface area (Å²) in [5.74, 6) is 0.110. The number of halogens is 1. The summed E-state index contributed by atoms with van der Waals surface area (Å²) in [4.78, 5) is 11.8. The predicted molar refractivity (Wildman–Crippen MR) is 84.3 cm³/mol. The van der Waals surface area contributed by atoms with Crippen LogP contribution in [0.15, 0.2) is 21.5 Å². The van der Waals surface area contributed by atoms with Gasteiger partial charge in [-0.3, -0.25) is 9.93 Å². The number of hydrogen-bond acceptors (Lipinski definition) is 4. The van der Waals surface area contributed by atoms with Gasteiger partial charge >= 0.3 is 0 Å². The molecule has 6 heteroatoms. The fraction of sp³-hybridized carbons (Fsp3) is 0.615. The van der Waals surface area contributed by atoms with Crippen molar-refractivity contribution in [2.75, 3.05) is 6.61 Å². The molecular weight excluding hydrogens is 328 g/mol. The minimum Gasteiger partial charge on any atom is -0.396 e. The Morgan fingerprint density at radius 2 is 2.21 bits per heavy atom. The molecule has 1 heterocycles. The SMILES string of the molecule is Cn1cc(Br)c([C@@H](CCO)CC(C)(C)SN)cc1=O. The summed E-state index contributed by atoms with van der Waals surface area (Å²) in [6.07, 6.45) is 3.20. The predicted octanol–water partition coefficient (Wildman–Crippen LogP) is 2.39.